The van der Waals surface area contributed by atoms with Crippen LogP contribution < -0.4 is 0 Å². The molecule has 5 rings (SSSR count). The Labute approximate surface area is 166 Å². The number of esters is 1. The van der Waals surface area contributed by atoms with Crippen LogP contribution in [0.5, 0.6) is 0 Å². The van der Waals surface area contributed by atoms with Gasteiger partial charge in [0.25, 0.3) is 0 Å². The maximum Gasteiger partial charge on any atom is 0.302 e. The molecule has 1 saturated heterocycles. The first-order valence-electron chi connectivity index (χ1n) is 10.9. The van der Waals surface area contributed by atoms with Crippen LogP contribution in [-0.2, 0) is 14.3 Å². The van der Waals surface area contributed by atoms with Crippen molar-refractivity contribution in [2.75, 3.05) is 13.2 Å². The molecule has 6 nitrogen and oxygen atoms in total. The maximum atomic E-state index is 11.7. The van der Waals surface area contributed by atoms with E-state index in [1.807, 2.05) is 6.92 Å². The highest BCUT2D eigenvalue weighted by atomic mass is 16.6. The third-order valence-electron chi connectivity index (χ3n) is 10.00. The van der Waals surface area contributed by atoms with Crippen molar-refractivity contribution < 1.29 is 29.6 Å². The molecule has 4 saturated carbocycles. The monoisotopic (exact) mass is 394 g/mol. The first kappa shape index (κ1) is 19.3. The van der Waals surface area contributed by atoms with Gasteiger partial charge >= 0.3 is 5.97 Å². The van der Waals surface area contributed by atoms with E-state index >= 15 is 0 Å². The zero-order chi connectivity index (χ0) is 20.1. The molecule has 4 aliphatic carbocycles. The van der Waals surface area contributed by atoms with E-state index in [4.69, 9.17) is 9.47 Å². The van der Waals surface area contributed by atoms with Crippen LogP contribution in [0.4, 0.5) is 0 Å². The van der Waals surface area contributed by atoms with E-state index in [-0.39, 0.29) is 48.1 Å². The molecule has 1 spiro atoms. The van der Waals surface area contributed by atoms with E-state index in [2.05, 4.69) is 6.92 Å². The van der Waals surface area contributed by atoms with E-state index in [1.165, 1.54) is 6.92 Å². The van der Waals surface area contributed by atoms with Gasteiger partial charge in [0, 0.05) is 17.8 Å². The van der Waals surface area contributed by atoms with Crippen LogP contribution in [0.3, 0.4) is 0 Å². The van der Waals surface area contributed by atoms with Crippen LogP contribution in [0.15, 0.2) is 0 Å². The minimum atomic E-state index is -0.560. The van der Waals surface area contributed by atoms with Gasteiger partial charge in [-0.2, -0.15) is 0 Å². The number of hydrogen-bond acceptors (Lipinski definition) is 6. The molecule has 1 aliphatic heterocycles. The Bertz CT molecular complexity index is 697. The van der Waals surface area contributed by atoms with Crippen LogP contribution in [0, 0.1) is 34.0 Å². The van der Waals surface area contributed by atoms with E-state index in [0.29, 0.717) is 18.3 Å². The van der Waals surface area contributed by atoms with Gasteiger partial charge < -0.3 is 24.8 Å². The molecular weight excluding hydrogens is 360 g/mol. The molecule has 0 aromatic carbocycles. The second-order valence-corrected chi connectivity index (χ2v) is 10.9. The van der Waals surface area contributed by atoms with Crippen LogP contribution in [0.25, 0.3) is 0 Å². The Morgan fingerprint density at radius 2 is 1.89 bits per heavy atom. The van der Waals surface area contributed by atoms with Gasteiger partial charge in [0.2, 0.25) is 0 Å². The fourth-order valence-corrected chi connectivity index (χ4v) is 8.74. The molecule has 2 unspecified atom stereocenters. The maximum absolute atomic E-state index is 11.7. The summed E-state index contributed by atoms with van der Waals surface area (Å²) in [5, 5.41) is 31.9. The predicted octanol–water partition coefficient (Wildman–Crippen LogP) is 1.64. The van der Waals surface area contributed by atoms with Crippen LogP contribution in [0.1, 0.15) is 59.3 Å². The zero-order valence-electron chi connectivity index (χ0n) is 17.2. The van der Waals surface area contributed by atoms with Crippen molar-refractivity contribution in [2.45, 2.75) is 83.2 Å². The second-order valence-electron chi connectivity index (χ2n) is 10.9. The van der Waals surface area contributed by atoms with Gasteiger partial charge in [-0.25, -0.2) is 0 Å². The average molecular weight is 395 g/mol. The molecule has 0 amide bonds. The summed E-state index contributed by atoms with van der Waals surface area (Å²) in [4.78, 5) is 11.7. The average Bonchev–Trinajstić information content (AvgIpc) is 3.38. The van der Waals surface area contributed by atoms with Crippen molar-refractivity contribution in [3.05, 3.63) is 0 Å². The van der Waals surface area contributed by atoms with Gasteiger partial charge in [0.15, 0.2) is 0 Å². The zero-order valence-corrected chi connectivity index (χ0v) is 17.2. The molecule has 0 aromatic heterocycles. The van der Waals surface area contributed by atoms with Crippen LogP contribution in [-0.4, -0.2) is 58.4 Å². The Kier molecular flexibility index (Phi) is 3.94. The van der Waals surface area contributed by atoms with Gasteiger partial charge in [0.05, 0.1) is 25.4 Å². The number of fused-ring (bicyclic) bond motifs is 5. The molecule has 0 radical (unpaired) electrons. The minimum Gasteiger partial charge on any atom is -0.462 e. The first-order valence-corrected chi connectivity index (χ1v) is 10.9. The lowest BCUT2D eigenvalue weighted by Gasteiger charge is -2.66. The summed E-state index contributed by atoms with van der Waals surface area (Å²) in [6, 6.07) is 0. The number of carbonyl (C=O) groups excluding carboxylic acids is 1. The van der Waals surface area contributed by atoms with Gasteiger partial charge in [-0.1, -0.05) is 13.8 Å². The summed E-state index contributed by atoms with van der Waals surface area (Å²) >= 11 is 0. The Balaban J connectivity index is 1.54. The molecule has 1 heterocycles. The fourth-order valence-electron chi connectivity index (χ4n) is 8.74. The highest BCUT2D eigenvalue weighted by Gasteiger charge is 2.83. The highest BCUT2D eigenvalue weighted by molar-refractivity contribution is 5.66. The van der Waals surface area contributed by atoms with Crippen molar-refractivity contribution in [3.63, 3.8) is 0 Å². The third-order valence-corrected chi connectivity index (χ3v) is 10.00. The summed E-state index contributed by atoms with van der Waals surface area (Å²) in [5.41, 5.74) is -1.30. The lowest BCUT2D eigenvalue weighted by molar-refractivity contribution is -0.244. The molecule has 5 aliphatic rings. The number of aliphatic hydroxyl groups is 3. The quantitative estimate of drug-likeness (QED) is 0.497. The lowest BCUT2D eigenvalue weighted by atomic mass is 9.39. The van der Waals surface area contributed by atoms with Gasteiger partial charge in [-0.3, -0.25) is 4.79 Å². The predicted molar refractivity (Wildman–Crippen MR) is 100 cm³/mol. The number of ether oxygens (including phenoxy) is 2. The number of carbonyl (C=O) groups is 1. The normalized spacial score (nSPS) is 59.1. The highest BCUT2D eigenvalue weighted by Crippen LogP contribution is 2.78. The molecule has 158 valence electrons. The van der Waals surface area contributed by atoms with Crippen molar-refractivity contribution in [1.82, 2.24) is 0 Å². The van der Waals surface area contributed by atoms with E-state index in [9.17, 15) is 20.1 Å². The molecule has 5 fully saturated rings. The Morgan fingerprint density at radius 1 is 1.14 bits per heavy atom. The van der Waals surface area contributed by atoms with Crippen molar-refractivity contribution in [1.29, 1.82) is 0 Å². The summed E-state index contributed by atoms with van der Waals surface area (Å²) in [5.74, 6) is 0.412. The van der Waals surface area contributed by atoms with E-state index < -0.39 is 17.1 Å². The van der Waals surface area contributed by atoms with E-state index in [1.54, 1.807) is 0 Å². The Morgan fingerprint density at radius 3 is 2.54 bits per heavy atom. The molecule has 2 bridgehead atoms. The molecule has 0 aromatic rings. The summed E-state index contributed by atoms with van der Waals surface area (Å²) in [7, 11) is 0. The van der Waals surface area contributed by atoms with Crippen LogP contribution in [0.2, 0.25) is 0 Å². The van der Waals surface area contributed by atoms with Crippen LogP contribution >= 0.6 is 0 Å². The number of hydrogen-bond donors (Lipinski definition) is 3. The standard InChI is InChI=1S/C22H34O6/c1-12(25)27-17-6-7-19(2)14-5-4-13-9-21(14,18-22(13,11-24)28-18)16(26)8-15(19)20(17,3)10-23/h13-18,23-24,26H,4-11H2,1-3H3/t13-,14?,15?,16+,17-,18-,19+,20-,21-,22+/m1/s1. The first-order chi connectivity index (χ1) is 13.2. The molecule has 6 heteroatoms. The van der Waals surface area contributed by atoms with Gasteiger partial charge in [0.1, 0.15) is 11.7 Å². The Hall–Kier alpha value is -0.690. The van der Waals surface area contributed by atoms with Gasteiger partial charge in [-0.05, 0) is 61.7 Å². The summed E-state index contributed by atoms with van der Waals surface area (Å²) < 4.78 is 11.8. The third kappa shape index (κ3) is 2.01. The van der Waals surface area contributed by atoms with Crippen molar-refractivity contribution in [2.24, 2.45) is 34.0 Å². The SMILES string of the molecule is CC(=O)O[C@@H]1CC[C@@]2(C)C3CC[C@@H]4C[C@@]3([C@@H](O)CC2[C@@]1(C)CO)[C@H]1O[C@@]41CO. The molecular formula is C22H34O6. The molecule has 10 atom stereocenters. The molecule has 28 heavy (non-hydrogen) atoms. The second kappa shape index (κ2) is 5.71. The summed E-state index contributed by atoms with van der Waals surface area (Å²) in [6.07, 6.45) is 4.40. The number of rotatable bonds is 3. The minimum absolute atomic E-state index is 0.0400. The smallest absolute Gasteiger partial charge is 0.302 e. The largest absolute Gasteiger partial charge is 0.462 e. The number of aliphatic hydroxyl groups excluding tert-OH is 3. The van der Waals surface area contributed by atoms with Crippen molar-refractivity contribution in [3.8, 4) is 0 Å². The fraction of sp³-hybridized carbons (Fsp3) is 0.955. The molecule has 3 N–H and O–H groups in total. The summed E-state index contributed by atoms with van der Waals surface area (Å²) in [6.45, 7) is 5.77. The lowest BCUT2D eigenvalue weighted by Crippen LogP contribution is -2.66. The van der Waals surface area contributed by atoms with Crippen molar-refractivity contribution >= 4 is 5.97 Å². The topological polar surface area (TPSA) is 99.5 Å². The van der Waals surface area contributed by atoms with E-state index in [0.717, 1.165) is 32.1 Å². The number of epoxide rings is 1. The van der Waals surface area contributed by atoms with Gasteiger partial charge in [-0.15, -0.1) is 0 Å².